The number of aliphatic hydroxyl groups is 1. The predicted molar refractivity (Wildman–Crippen MR) is 129 cm³/mol. The summed E-state index contributed by atoms with van der Waals surface area (Å²) in [6.45, 7) is 1.93. The van der Waals surface area contributed by atoms with E-state index in [2.05, 4.69) is 15.3 Å². The number of fused-ring (bicyclic) bond motifs is 1. The van der Waals surface area contributed by atoms with E-state index < -0.39 is 6.43 Å². The maximum Gasteiger partial charge on any atom is 0.296 e. The minimum Gasteiger partial charge on any atom is -0.394 e. The molecule has 0 unspecified atom stereocenters. The number of nitrogens with two attached hydrogens (primary N) is 1. The van der Waals surface area contributed by atoms with Gasteiger partial charge < -0.3 is 25.8 Å². The fourth-order valence-corrected chi connectivity index (χ4v) is 4.93. The molecule has 3 aromatic rings. The van der Waals surface area contributed by atoms with Crippen LogP contribution in [0, 0.1) is 5.92 Å². The van der Waals surface area contributed by atoms with Crippen LogP contribution in [0.2, 0.25) is 0 Å². The number of nitrogens with one attached hydrogen (secondary N) is 1. The van der Waals surface area contributed by atoms with E-state index in [1.54, 1.807) is 30.3 Å². The summed E-state index contributed by atoms with van der Waals surface area (Å²) in [5, 5.41) is 13.2. The van der Waals surface area contributed by atoms with Gasteiger partial charge in [0.25, 0.3) is 6.43 Å². The number of benzene rings is 1. The quantitative estimate of drug-likeness (QED) is 0.466. The number of imidazole rings is 1. The van der Waals surface area contributed by atoms with Gasteiger partial charge in [-0.1, -0.05) is 12.1 Å². The van der Waals surface area contributed by atoms with Crippen molar-refractivity contribution in [1.82, 2.24) is 19.5 Å². The standard InChI is InChI=1S/C24H31F2N7O2/c25-22(26)23-29-18-3-1-2-4-19(18)33(23)21-11-20(32-9-10-35-14-17(32)13-34)30-24(31-21)28-12-15-5-7-16(27)8-6-15/h1-4,11,15-17,22,34H,5-10,12-14,27H2,(H,28,30,31)/t15-,16-,17-/m1/s1. The summed E-state index contributed by atoms with van der Waals surface area (Å²) in [7, 11) is 0. The predicted octanol–water partition coefficient (Wildman–Crippen LogP) is 2.88. The Hall–Kier alpha value is -2.89. The van der Waals surface area contributed by atoms with E-state index in [1.165, 1.54) is 4.57 Å². The molecule has 2 fully saturated rings. The van der Waals surface area contributed by atoms with E-state index in [1.807, 2.05) is 4.90 Å². The Morgan fingerprint density at radius 1 is 1.11 bits per heavy atom. The molecule has 0 amide bonds. The Morgan fingerprint density at radius 2 is 1.89 bits per heavy atom. The highest BCUT2D eigenvalue weighted by Crippen LogP contribution is 2.30. The molecule has 1 aliphatic heterocycles. The minimum atomic E-state index is -2.78. The molecule has 2 aliphatic rings. The highest BCUT2D eigenvalue weighted by atomic mass is 19.3. The minimum absolute atomic E-state index is 0.110. The van der Waals surface area contributed by atoms with E-state index in [0.717, 1.165) is 25.7 Å². The number of ether oxygens (including phenoxy) is 1. The molecule has 0 spiro atoms. The summed E-state index contributed by atoms with van der Waals surface area (Å²) in [6, 6.07) is 8.66. The van der Waals surface area contributed by atoms with Crippen molar-refractivity contribution in [3.63, 3.8) is 0 Å². The molecule has 4 N–H and O–H groups in total. The lowest BCUT2D eigenvalue weighted by atomic mass is 9.86. The second-order valence-electron chi connectivity index (χ2n) is 9.27. The second kappa shape index (κ2) is 10.4. The van der Waals surface area contributed by atoms with E-state index >= 15 is 0 Å². The van der Waals surface area contributed by atoms with Gasteiger partial charge in [-0.3, -0.25) is 4.57 Å². The molecule has 1 aromatic carbocycles. The number of nitrogens with zero attached hydrogens (tertiary/aromatic N) is 5. The Bertz CT molecular complexity index is 1150. The van der Waals surface area contributed by atoms with Crippen molar-refractivity contribution in [2.75, 3.05) is 43.1 Å². The Labute approximate surface area is 202 Å². The molecule has 1 saturated carbocycles. The number of rotatable bonds is 7. The lowest BCUT2D eigenvalue weighted by Gasteiger charge is -2.35. The molecular weight excluding hydrogens is 456 g/mol. The van der Waals surface area contributed by atoms with Crippen molar-refractivity contribution in [2.45, 2.75) is 44.2 Å². The maximum atomic E-state index is 14.0. The number of anilines is 2. The zero-order chi connectivity index (χ0) is 24.4. The van der Waals surface area contributed by atoms with Crippen LogP contribution in [-0.2, 0) is 4.74 Å². The summed E-state index contributed by atoms with van der Waals surface area (Å²) in [5.74, 6) is 1.28. The van der Waals surface area contributed by atoms with Gasteiger partial charge in [-0.05, 0) is 43.7 Å². The number of aliphatic hydroxyl groups excluding tert-OH is 1. The lowest BCUT2D eigenvalue weighted by Crippen LogP contribution is -2.48. The van der Waals surface area contributed by atoms with Crippen LogP contribution in [0.1, 0.15) is 37.9 Å². The number of morpholine rings is 1. The molecule has 5 rings (SSSR count). The van der Waals surface area contributed by atoms with Crippen molar-refractivity contribution >= 4 is 22.8 Å². The van der Waals surface area contributed by atoms with Crippen molar-refractivity contribution in [3.05, 3.63) is 36.2 Å². The Morgan fingerprint density at radius 3 is 2.66 bits per heavy atom. The number of hydrogen-bond acceptors (Lipinski definition) is 8. The average molecular weight is 488 g/mol. The van der Waals surface area contributed by atoms with Crippen LogP contribution in [0.15, 0.2) is 30.3 Å². The molecule has 0 bridgehead atoms. The molecule has 35 heavy (non-hydrogen) atoms. The SMILES string of the molecule is N[C@H]1CC[C@H](CNc2nc(N3CCOC[C@H]3CO)cc(-n3c(C(F)F)nc4ccccc43)n2)CC1. The zero-order valence-electron chi connectivity index (χ0n) is 19.5. The number of para-hydroxylation sites is 2. The van der Waals surface area contributed by atoms with Gasteiger partial charge in [0.05, 0.1) is 36.9 Å². The molecule has 9 nitrogen and oxygen atoms in total. The lowest BCUT2D eigenvalue weighted by molar-refractivity contribution is 0.0723. The Kier molecular flexibility index (Phi) is 7.07. The van der Waals surface area contributed by atoms with Gasteiger partial charge in [-0.25, -0.2) is 13.8 Å². The van der Waals surface area contributed by atoms with E-state index in [9.17, 15) is 13.9 Å². The Balaban J connectivity index is 1.55. The van der Waals surface area contributed by atoms with Gasteiger partial charge in [0, 0.05) is 25.2 Å². The first-order chi connectivity index (χ1) is 17.0. The maximum absolute atomic E-state index is 14.0. The molecule has 2 aromatic heterocycles. The largest absolute Gasteiger partial charge is 0.394 e. The monoisotopic (exact) mass is 487 g/mol. The number of hydrogen-bond donors (Lipinski definition) is 3. The van der Waals surface area contributed by atoms with Crippen LogP contribution in [0.25, 0.3) is 16.9 Å². The van der Waals surface area contributed by atoms with E-state index in [4.69, 9.17) is 15.5 Å². The molecular formula is C24H31F2N7O2. The van der Waals surface area contributed by atoms with Crippen molar-refractivity contribution in [2.24, 2.45) is 11.7 Å². The highest BCUT2D eigenvalue weighted by Gasteiger charge is 2.27. The molecule has 11 heteroatoms. The second-order valence-corrected chi connectivity index (χ2v) is 9.27. The fraction of sp³-hybridized carbons (Fsp3) is 0.542. The summed E-state index contributed by atoms with van der Waals surface area (Å²) < 4.78 is 35.0. The fourth-order valence-electron chi connectivity index (χ4n) is 4.93. The van der Waals surface area contributed by atoms with Crippen molar-refractivity contribution in [1.29, 1.82) is 0 Å². The number of alkyl halides is 2. The first-order valence-corrected chi connectivity index (χ1v) is 12.1. The number of aromatic nitrogens is 4. The summed E-state index contributed by atoms with van der Waals surface area (Å²) in [5.41, 5.74) is 7.05. The first kappa shape index (κ1) is 23.8. The summed E-state index contributed by atoms with van der Waals surface area (Å²) in [4.78, 5) is 15.5. The van der Waals surface area contributed by atoms with Gasteiger partial charge in [0.1, 0.15) is 11.6 Å². The smallest absolute Gasteiger partial charge is 0.296 e. The van der Waals surface area contributed by atoms with Crippen LogP contribution in [-0.4, -0.2) is 69.6 Å². The van der Waals surface area contributed by atoms with Crippen LogP contribution in [0.4, 0.5) is 20.5 Å². The third kappa shape index (κ3) is 5.07. The molecule has 3 heterocycles. The normalized spacial score (nSPS) is 23.2. The molecule has 1 aliphatic carbocycles. The van der Waals surface area contributed by atoms with E-state index in [0.29, 0.717) is 60.8 Å². The third-order valence-corrected chi connectivity index (χ3v) is 6.88. The molecule has 1 saturated heterocycles. The zero-order valence-corrected chi connectivity index (χ0v) is 19.5. The van der Waals surface area contributed by atoms with Gasteiger partial charge in [-0.2, -0.15) is 9.97 Å². The van der Waals surface area contributed by atoms with Crippen molar-refractivity contribution < 1.29 is 18.6 Å². The van der Waals surface area contributed by atoms with Crippen LogP contribution in [0.5, 0.6) is 0 Å². The topological polar surface area (TPSA) is 114 Å². The molecule has 0 radical (unpaired) electrons. The van der Waals surface area contributed by atoms with Crippen LogP contribution >= 0.6 is 0 Å². The van der Waals surface area contributed by atoms with Gasteiger partial charge >= 0.3 is 0 Å². The third-order valence-electron chi connectivity index (χ3n) is 6.88. The van der Waals surface area contributed by atoms with Gasteiger partial charge in [-0.15, -0.1) is 0 Å². The number of halogens is 2. The van der Waals surface area contributed by atoms with E-state index in [-0.39, 0.29) is 24.5 Å². The van der Waals surface area contributed by atoms with Crippen LogP contribution in [0.3, 0.4) is 0 Å². The van der Waals surface area contributed by atoms with Gasteiger partial charge in [0.2, 0.25) is 5.95 Å². The molecule has 188 valence electrons. The van der Waals surface area contributed by atoms with Gasteiger partial charge in [0.15, 0.2) is 5.82 Å². The van der Waals surface area contributed by atoms with Crippen molar-refractivity contribution in [3.8, 4) is 5.82 Å². The summed E-state index contributed by atoms with van der Waals surface area (Å²) >= 11 is 0. The first-order valence-electron chi connectivity index (χ1n) is 12.1. The average Bonchev–Trinajstić information content (AvgIpc) is 3.28. The molecule has 1 atom stereocenters. The van der Waals surface area contributed by atoms with Crippen LogP contribution < -0.4 is 16.0 Å². The highest BCUT2D eigenvalue weighted by molar-refractivity contribution is 5.78. The summed E-state index contributed by atoms with van der Waals surface area (Å²) in [6.07, 6.45) is 1.25.